The smallest absolute Gasteiger partial charge is 0.309 e. The molecule has 0 aliphatic carbocycles. The summed E-state index contributed by atoms with van der Waals surface area (Å²) < 4.78 is 42.0. The summed E-state index contributed by atoms with van der Waals surface area (Å²) in [6.45, 7) is 7.50. The van der Waals surface area contributed by atoms with Crippen molar-refractivity contribution in [3.05, 3.63) is 45.8 Å². The fourth-order valence-electron chi connectivity index (χ4n) is 3.58. The van der Waals surface area contributed by atoms with Gasteiger partial charge in [-0.05, 0) is 32.1 Å². The summed E-state index contributed by atoms with van der Waals surface area (Å²) in [7, 11) is 0. The van der Waals surface area contributed by atoms with Gasteiger partial charge in [0.05, 0.1) is 16.0 Å². The van der Waals surface area contributed by atoms with E-state index in [0.717, 1.165) is 25.5 Å². The van der Waals surface area contributed by atoms with Crippen LogP contribution in [0.25, 0.3) is 11.0 Å². The topological polar surface area (TPSA) is 111 Å². The first kappa shape index (κ1) is 24.2. The summed E-state index contributed by atoms with van der Waals surface area (Å²) >= 11 is 0. The van der Waals surface area contributed by atoms with Crippen molar-refractivity contribution in [3.63, 3.8) is 0 Å². The summed E-state index contributed by atoms with van der Waals surface area (Å²) in [6, 6.07) is 7.29. The van der Waals surface area contributed by atoms with Crippen LogP contribution in [0.15, 0.2) is 24.3 Å². The van der Waals surface area contributed by atoms with Crippen LogP contribution in [0, 0.1) is 17.0 Å². The molecule has 3 aromatic rings. The number of para-hydroxylation sites is 2. The summed E-state index contributed by atoms with van der Waals surface area (Å²) in [5.74, 6) is -0.465. The van der Waals surface area contributed by atoms with Gasteiger partial charge < -0.3 is 9.47 Å². The third kappa shape index (κ3) is 5.13. The van der Waals surface area contributed by atoms with Crippen molar-refractivity contribution >= 4 is 28.6 Å². The first-order chi connectivity index (χ1) is 15.6. The zero-order valence-electron chi connectivity index (χ0n) is 18.4. The third-order valence-electron chi connectivity index (χ3n) is 5.36. The first-order valence-electron chi connectivity index (χ1n) is 10.3. The number of nitrogens with zero attached hydrogens (tertiary/aromatic N) is 6. The average molecular weight is 467 g/mol. The van der Waals surface area contributed by atoms with Crippen molar-refractivity contribution in [2.75, 3.05) is 25.0 Å². The van der Waals surface area contributed by atoms with Gasteiger partial charge in [0, 0.05) is 13.1 Å². The van der Waals surface area contributed by atoms with Crippen LogP contribution >= 0.6 is 0 Å². The van der Waals surface area contributed by atoms with Gasteiger partial charge in [-0.25, -0.2) is 4.98 Å². The molecule has 1 aromatic carbocycles. The number of nitro groups is 1. The highest BCUT2D eigenvalue weighted by atomic mass is 19.4. The molecule has 0 fully saturated rings. The molecule has 0 unspecified atom stereocenters. The number of amides is 1. The number of hydrogen-bond acceptors (Lipinski definition) is 6. The lowest BCUT2D eigenvalue weighted by Crippen LogP contribution is -2.28. The van der Waals surface area contributed by atoms with E-state index in [1.54, 1.807) is 12.1 Å². The van der Waals surface area contributed by atoms with Crippen molar-refractivity contribution in [1.29, 1.82) is 0 Å². The maximum atomic E-state index is 13.2. The Morgan fingerprint density at radius 2 is 1.91 bits per heavy atom. The maximum absolute atomic E-state index is 13.2. The molecule has 0 saturated heterocycles. The Balaban J connectivity index is 1.87. The molecule has 0 bridgehead atoms. The number of imidazole rings is 1. The molecule has 0 aliphatic rings. The summed E-state index contributed by atoms with van der Waals surface area (Å²) in [5, 5.41) is 17.0. The van der Waals surface area contributed by atoms with E-state index in [9.17, 15) is 28.1 Å². The van der Waals surface area contributed by atoms with Crippen molar-refractivity contribution in [2.24, 2.45) is 0 Å². The highest BCUT2D eigenvalue weighted by Gasteiger charge is 2.44. The number of aromatic nitrogens is 4. The Labute approximate surface area is 187 Å². The number of hydrogen-bond donors (Lipinski definition) is 1. The van der Waals surface area contributed by atoms with Crippen LogP contribution in [0.5, 0.6) is 0 Å². The molecule has 33 heavy (non-hydrogen) atoms. The molecule has 0 saturated carbocycles. The average Bonchev–Trinajstić information content (AvgIpc) is 3.26. The molecule has 10 nitrogen and oxygen atoms in total. The molecule has 3 rings (SSSR count). The lowest BCUT2D eigenvalue weighted by Gasteiger charge is -2.19. The second-order valence-electron chi connectivity index (χ2n) is 7.35. The van der Waals surface area contributed by atoms with E-state index in [1.165, 1.54) is 0 Å². The maximum Gasteiger partial charge on any atom is 0.442 e. The van der Waals surface area contributed by atoms with E-state index in [4.69, 9.17) is 0 Å². The molecular weight excluding hydrogens is 443 g/mol. The van der Waals surface area contributed by atoms with E-state index >= 15 is 0 Å². The summed E-state index contributed by atoms with van der Waals surface area (Å²) in [5.41, 5.74) is -1.72. The molecule has 0 spiro atoms. The van der Waals surface area contributed by atoms with E-state index < -0.39 is 34.9 Å². The molecule has 1 amide bonds. The van der Waals surface area contributed by atoms with Gasteiger partial charge in [-0.2, -0.15) is 18.3 Å². The Hall–Kier alpha value is -3.48. The van der Waals surface area contributed by atoms with Crippen LogP contribution in [-0.2, 0) is 24.1 Å². The van der Waals surface area contributed by atoms with Gasteiger partial charge in [-0.15, -0.1) is 0 Å². The standard InChI is InChI=1S/C20H24F3N7O3/c1-4-27(5-2)10-11-28-15-9-7-6-8-14(15)24-19(28)25-16(31)12-29-13(3)17(30(32)33)18(26-29)20(21,22)23/h6-9H,4-5,10-12H2,1-3H3,(H,24,25,31). The molecule has 0 atom stereocenters. The molecule has 2 aromatic heterocycles. The van der Waals surface area contributed by atoms with Gasteiger partial charge >= 0.3 is 11.9 Å². The number of carbonyl (C=O) groups is 1. The number of anilines is 1. The normalized spacial score (nSPS) is 12.0. The third-order valence-corrected chi connectivity index (χ3v) is 5.36. The highest BCUT2D eigenvalue weighted by molar-refractivity contribution is 5.91. The number of carbonyl (C=O) groups excluding carboxylic acids is 1. The number of nitrogens with one attached hydrogen (secondary N) is 1. The first-order valence-corrected chi connectivity index (χ1v) is 10.3. The predicted molar refractivity (Wildman–Crippen MR) is 115 cm³/mol. The largest absolute Gasteiger partial charge is 0.442 e. The van der Waals surface area contributed by atoms with Crippen LogP contribution in [0.3, 0.4) is 0 Å². The summed E-state index contributed by atoms with van der Waals surface area (Å²) in [6.07, 6.45) is -5.02. The Morgan fingerprint density at radius 3 is 2.48 bits per heavy atom. The molecular formula is C20H24F3N7O3. The number of benzene rings is 1. The zero-order chi connectivity index (χ0) is 24.3. The fourth-order valence-corrected chi connectivity index (χ4v) is 3.58. The minimum absolute atomic E-state index is 0.240. The number of alkyl halides is 3. The van der Waals surface area contributed by atoms with Gasteiger partial charge in [-0.1, -0.05) is 26.0 Å². The molecule has 13 heteroatoms. The molecule has 0 radical (unpaired) electrons. The van der Waals surface area contributed by atoms with Crippen LogP contribution in [-0.4, -0.2) is 54.7 Å². The quantitative estimate of drug-likeness (QED) is 0.381. The summed E-state index contributed by atoms with van der Waals surface area (Å²) in [4.78, 5) is 29.3. The molecule has 2 heterocycles. The molecule has 178 valence electrons. The Kier molecular flexibility index (Phi) is 7.01. The van der Waals surface area contributed by atoms with Gasteiger partial charge in [0.1, 0.15) is 12.2 Å². The fraction of sp³-hybridized carbons (Fsp3) is 0.450. The van der Waals surface area contributed by atoms with Crippen LogP contribution in [0.1, 0.15) is 25.2 Å². The van der Waals surface area contributed by atoms with Crippen LogP contribution in [0.4, 0.5) is 24.8 Å². The van der Waals surface area contributed by atoms with E-state index in [0.29, 0.717) is 23.3 Å². The van der Waals surface area contributed by atoms with Gasteiger partial charge in [0.15, 0.2) is 0 Å². The van der Waals surface area contributed by atoms with E-state index in [1.807, 2.05) is 30.5 Å². The lowest BCUT2D eigenvalue weighted by atomic mass is 10.3. The Morgan fingerprint density at radius 1 is 1.24 bits per heavy atom. The predicted octanol–water partition coefficient (Wildman–Crippen LogP) is 3.45. The second-order valence-corrected chi connectivity index (χ2v) is 7.35. The number of likely N-dealkylation sites (N-methyl/N-ethyl adjacent to an activating group) is 1. The van der Waals surface area contributed by atoms with Crippen molar-refractivity contribution < 1.29 is 22.9 Å². The lowest BCUT2D eigenvalue weighted by molar-refractivity contribution is -0.388. The number of fused-ring (bicyclic) bond motifs is 1. The monoisotopic (exact) mass is 467 g/mol. The van der Waals surface area contributed by atoms with E-state index in [2.05, 4.69) is 20.3 Å². The van der Waals surface area contributed by atoms with Crippen LogP contribution in [0.2, 0.25) is 0 Å². The van der Waals surface area contributed by atoms with Crippen molar-refractivity contribution in [2.45, 2.75) is 40.0 Å². The SMILES string of the molecule is CCN(CC)CCn1c(NC(=O)Cn2nc(C(F)(F)F)c([N+](=O)[O-])c2C)nc2ccccc21. The van der Waals surface area contributed by atoms with Gasteiger partial charge in [0.2, 0.25) is 17.5 Å². The minimum Gasteiger partial charge on any atom is -0.309 e. The van der Waals surface area contributed by atoms with Crippen molar-refractivity contribution in [3.8, 4) is 0 Å². The van der Waals surface area contributed by atoms with Gasteiger partial charge in [-0.3, -0.25) is 24.9 Å². The second kappa shape index (κ2) is 9.57. The van der Waals surface area contributed by atoms with Crippen molar-refractivity contribution in [1.82, 2.24) is 24.2 Å². The minimum atomic E-state index is -5.02. The number of rotatable bonds is 9. The highest BCUT2D eigenvalue weighted by Crippen LogP contribution is 2.36. The number of halogens is 3. The zero-order valence-corrected chi connectivity index (χ0v) is 18.4. The molecule has 1 N–H and O–H groups in total. The van der Waals surface area contributed by atoms with Gasteiger partial charge in [0.25, 0.3) is 0 Å². The Bertz CT molecular complexity index is 1170. The van der Waals surface area contributed by atoms with E-state index in [-0.39, 0.29) is 11.6 Å². The molecule has 0 aliphatic heterocycles. The van der Waals surface area contributed by atoms with Crippen LogP contribution < -0.4 is 5.32 Å².